The molecule has 0 aromatic heterocycles. The van der Waals surface area contributed by atoms with Crippen LogP contribution in [0.1, 0.15) is 26.2 Å². The van der Waals surface area contributed by atoms with E-state index in [1.54, 1.807) is 0 Å². The van der Waals surface area contributed by atoms with Crippen LogP contribution in [0.25, 0.3) is 0 Å². The van der Waals surface area contributed by atoms with Gasteiger partial charge >= 0.3 is 0 Å². The van der Waals surface area contributed by atoms with Gasteiger partial charge in [-0.2, -0.15) is 0 Å². The number of rotatable bonds is 0. The number of nitrogens with one attached hydrogen (secondary N) is 1. The molecule has 0 radical (unpaired) electrons. The summed E-state index contributed by atoms with van der Waals surface area (Å²) in [4.78, 5) is 0. The standard InChI is InChI=1S/C8H15NO/c1-7-3-2-4-8(10-7)5-9-6-8/h7,9H,2-6H2,1H3. The summed E-state index contributed by atoms with van der Waals surface area (Å²) >= 11 is 0. The van der Waals surface area contributed by atoms with Crippen molar-refractivity contribution in [2.24, 2.45) is 0 Å². The lowest BCUT2D eigenvalue weighted by molar-refractivity contribution is -0.146. The van der Waals surface area contributed by atoms with Crippen LogP contribution < -0.4 is 5.32 Å². The zero-order valence-electron chi connectivity index (χ0n) is 6.52. The Hall–Kier alpha value is -0.0800. The van der Waals surface area contributed by atoms with E-state index in [0.717, 1.165) is 13.1 Å². The minimum Gasteiger partial charge on any atom is -0.369 e. The largest absolute Gasteiger partial charge is 0.369 e. The maximum Gasteiger partial charge on any atom is 0.0933 e. The van der Waals surface area contributed by atoms with Gasteiger partial charge in [-0.05, 0) is 26.2 Å². The second-order valence-electron chi connectivity index (χ2n) is 3.61. The highest BCUT2D eigenvalue weighted by molar-refractivity contribution is 4.97. The van der Waals surface area contributed by atoms with E-state index in [9.17, 15) is 0 Å². The molecule has 1 unspecified atom stereocenters. The first-order chi connectivity index (χ1) is 4.81. The number of hydrogen-bond donors (Lipinski definition) is 1. The summed E-state index contributed by atoms with van der Waals surface area (Å²) in [6.07, 6.45) is 4.37. The van der Waals surface area contributed by atoms with Crippen molar-refractivity contribution in [1.82, 2.24) is 5.32 Å². The van der Waals surface area contributed by atoms with Crippen molar-refractivity contribution in [2.45, 2.75) is 37.9 Å². The predicted molar refractivity (Wildman–Crippen MR) is 40.0 cm³/mol. The molecule has 0 saturated carbocycles. The Kier molecular flexibility index (Phi) is 1.46. The van der Waals surface area contributed by atoms with Gasteiger partial charge in [-0.25, -0.2) is 0 Å². The van der Waals surface area contributed by atoms with E-state index < -0.39 is 0 Å². The Morgan fingerprint density at radius 1 is 1.50 bits per heavy atom. The molecule has 0 bridgehead atoms. The minimum absolute atomic E-state index is 0.262. The average molecular weight is 141 g/mol. The van der Waals surface area contributed by atoms with Gasteiger partial charge in [0, 0.05) is 13.1 Å². The van der Waals surface area contributed by atoms with Crippen molar-refractivity contribution in [3.05, 3.63) is 0 Å². The van der Waals surface area contributed by atoms with Gasteiger partial charge in [0.1, 0.15) is 0 Å². The highest BCUT2D eigenvalue weighted by Crippen LogP contribution is 2.31. The van der Waals surface area contributed by atoms with E-state index in [2.05, 4.69) is 12.2 Å². The van der Waals surface area contributed by atoms with E-state index in [-0.39, 0.29) is 5.60 Å². The average Bonchev–Trinajstić information content (AvgIpc) is 1.85. The lowest BCUT2D eigenvalue weighted by Crippen LogP contribution is -2.63. The lowest BCUT2D eigenvalue weighted by atomic mass is 9.87. The van der Waals surface area contributed by atoms with Crippen LogP contribution in [0.3, 0.4) is 0 Å². The Morgan fingerprint density at radius 3 is 2.70 bits per heavy atom. The highest BCUT2D eigenvalue weighted by atomic mass is 16.5. The first-order valence-corrected chi connectivity index (χ1v) is 4.19. The maximum absolute atomic E-state index is 5.85. The summed E-state index contributed by atoms with van der Waals surface area (Å²) in [5.41, 5.74) is 0.262. The van der Waals surface area contributed by atoms with E-state index in [4.69, 9.17) is 4.74 Å². The summed E-state index contributed by atoms with van der Waals surface area (Å²) in [6.45, 7) is 4.34. The zero-order valence-corrected chi connectivity index (χ0v) is 6.52. The number of ether oxygens (including phenoxy) is 1. The first-order valence-electron chi connectivity index (χ1n) is 4.19. The maximum atomic E-state index is 5.85. The quantitative estimate of drug-likeness (QED) is 0.541. The molecule has 2 heteroatoms. The highest BCUT2D eigenvalue weighted by Gasteiger charge is 2.41. The zero-order chi connectivity index (χ0) is 7.03. The third-order valence-corrected chi connectivity index (χ3v) is 2.59. The van der Waals surface area contributed by atoms with Gasteiger partial charge in [0.05, 0.1) is 11.7 Å². The minimum atomic E-state index is 0.262. The second-order valence-corrected chi connectivity index (χ2v) is 3.61. The fourth-order valence-electron chi connectivity index (χ4n) is 1.92. The molecular weight excluding hydrogens is 126 g/mol. The molecular formula is C8H15NO. The number of hydrogen-bond acceptors (Lipinski definition) is 2. The SMILES string of the molecule is CC1CCCC2(CNC2)O1. The van der Waals surface area contributed by atoms with Gasteiger partial charge in [0.25, 0.3) is 0 Å². The summed E-state index contributed by atoms with van der Waals surface area (Å²) in [6, 6.07) is 0. The molecule has 2 fully saturated rings. The summed E-state index contributed by atoms with van der Waals surface area (Å²) in [5, 5.41) is 3.27. The normalized spacial score (nSPS) is 37.5. The summed E-state index contributed by atoms with van der Waals surface area (Å²) < 4.78 is 5.85. The predicted octanol–water partition coefficient (Wildman–Crippen LogP) is 0.917. The van der Waals surface area contributed by atoms with Crippen molar-refractivity contribution in [1.29, 1.82) is 0 Å². The van der Waals surface area contributed by atoms with Crippen LogP contribution in [0.15, 0.2) is 0 Å². The van der Waals surface area contributed by atoms with Crippen LogP contribution in [-0.2, 0) is 4.74 Å². The van der Waals surface area contributed by atoms with Crippen LogP contribution in [0.5, 0.6) is 0 Å². The molecule has 1 atom stereocenters. The smallest absolute Gasteiger partial charge is 0.0933 e. The Labute approximate surface area is 61.9 Å². The Morgan fingerprint density at radius 2 is 2.30 bits per heavy atom. The molecule has 10 heavy (non-hydrogen) atoms. The van der Waals surface area contributed by atoms with Crippen LogP contribution in [-0.4, -0.2) is 24.8 Å². The molecule has 2 rings (SSSR count). The van der Waals surface area contributed by atoms with E-state index in [0.29, 0.717) is 6.10 Å². The van der Waals surface area contributed by atoms with E-state index in [1.165, 1.54) is 19.3 Å². The van der Waals surface area contributed by atoms with Crippen molar-refractivity contribution in [3.8, 4) is 0 Å². The molecule has 1 N–H and O–H groups in total. The van der Waals surface area contributed by atoms with Gasteiger partial charge < -0.3 is 10.1 Å². The first kappa shape index (κ1) is 6.62. The monoisotopic (exact) mass is 141 g/mol. The summed E-state index contributed by atoms with van der Waals surface area (Å²) in [5.74, 6) is 0. The fourth-order valence-corrected chi connectivity index (χ4v) is 1.92. The molecule has 0 aromatic rings. The second kappa shape index (κ2) is 2.21. The van der Waals surface area contributed by atoms with Crippen LogP contribution in [0.2, 0.25) is 0 Å². The van der Waals surface area contributed by atoms with Crippen molar-refractivity contribution in [2.75, 3.05) is 13.1 Å². The van der Waals surface area contributed by atoms with Gasteiger partial charge in [0.15, 0.2) is 0 Å². The molecule has 0 aliphatic carbocycles. The Bertz CT molecular complexity index is 131. The molecule has 0 amide bonds. The van der Waals surface area contributed by atoms with Crippen LogP contribution in [0.4, 0.5) is 0 Å². The fraction of sp³-hybridized carbons (Fsp3) is 1.00. The summed E-state index contributed by atoms with van der Waals surface area (Å²) in [7, 11) is 0. The van der Waals surface area contributed by atoms with Gasteiger partial charge in [-0.3, -0.25) is 0 Å². The van der Waals surface area contributed by atoms with E-state index in [1.807, 2.05) is 0 Å². The molecule has 2 aliphatic rings. The van der Waals surface area contributed by atoms with Crippen LogP contribution in [0, 0.1) is 0 Å². The van der Waals surface area contributed by atoms with Gasteiger partial charge in [-0.15, -0.1) is 0 Å². The lowest BCUT2D eigenvalue weighted by Gasteiger charge is -2.47. The molecule has 1 spiro atoms. The Balaban J connectivity index is 1.96. The van der Waals surface area contributed by atoms with Gasteiger partial charge in [-0.1, -0.05) is 0 Å². The van der Waals surface area contributed by atoms with Crippen molar-refractivity contribution >= 4 is 0 Å². The molecule has 0 aromatic carbocycles. The van der Waals surface area contributed by atoms with E-state index >= 15 is 0 Å². The van der Waals surface area contributed by atoms with Crippen LogP contribution >= 0.6 is 0 Å². The molecule has 2 aliphatic heterocycles. The van der Waals surface area contributed by atoms with Crippen molar-refractivity contribution in [3.63, 3.8) is 0 Å². The topological polar surface area (TPSA) is 21.3 Å². The molecule has 2 heterocycles. The molecule has 2 nitrogen and oxygen atoms in total. The third kappa shape index (κ3) is 0.956. The molecule has 58 valence electrons. The van der Waals surface area contributed by atoms with Gasteiger partial charge in [0.2, 0.25) is 0 Å². The third-order valence-electron chi connectivity index (χ3n) is 2.59. The molecule has 2 saturated heterocycles. The van der Waals surface area contributed by atoms with Crippen molar-refractivity contribution < 1.29 is 4.74 Å².